The molecule has 20 heavy (non-hydrogen) atoms. The number of carbonyl (C=O) groups is 2. The Morgan fingerprint density at radius 3 is 2.40 bits per heavy atom. The summed E-state index contributed by atoms with van der Waals surface area (Å²) in [5.41, 5.74) is 6.88. The zero-order valence-electron chi connectivity index (χ0n) is 12.2. The number of nitrogens with zero attached hydrogens (tertiary/aromatic N) is 2. The number of nitrogens with two attached hydrogens (primary N) is 1. The van der Waals surface area contributed by atoms with Crippen LogP contribution in [-0.4, -0.2) is 55.3 Å². The van der Waals surface area contributed by atoms with Gasteiger partial charge in [-0.2, -0.15) is 0 Å². The maximum Gasteiger partial charge on any atom is 0.238 e. The summed E-state index contributed by atoms with van der Waals surface area (Å²) in [6.07, 6.45) is 0. The third-order valence-electron chi connectivity index (χ3n) is 2.91. The summed E-state index contributed by atoms with van der Waals surface area (Å²) in [6, 6.07) is 7.08. The van der Waals surface area contributed by atoms with Crippen LogP contribution in [0.2, 0.25) is 0 Å². The third kappa shape index (κ3) is 4.89. The Kier molecular flexibility index (Phi) is 5.99. The van der Waals surface area contributed by atoms with Gasteiger partial charge >= 0.3 is 0 Å². The Labute approximate surface area is 119 Å². The van der Waals surface area contributed by atoms with Crippen LogP contribution >= 0.6 is 0 Å². The van der Waals surface area contributed by atoms with Gasteiger partial charge in [0.25, 0.3) is 0 Å². The molecule has 0 saturated heterocycles. The van der Waals surface area contributed by atoms with E-state index in [1.807, 2.05) is 6.92 Å². The first-order chi connectivity index (χ1) is 9.43. The number of para-hydroxylation sites is 2. The zero-order valence-corrected chi connectivity index (χ0v) is 12.2. The number of nitrogen functional groups attached to an aromatic ring is 1. The van der Waals surface area contributed by atoms with Gasteiger partial charge in [-0.05, 0) is 18.7 Å². The molecule has 1 rings (SSSR count). The third-order valence-corrected chi connectivity index (χ3v) is 2.91. The highest BCUT2D eigenvalue weighted by Gasteiger charge is 2.14. The van der Waals surface area contributed by atoms with E-state index in [0.717, 1.165) is 0 Å². The highest BCUT2D eigenvalue weighted by molar-refractivity contribution is 5.95. The van der Waals surface area contributed by atoms with Crippen molar-refractivity contribution in [2.45, 2.75) is 6.92 Å². The van der Waals surface area contributed by atoms with Crippen LogP contribution in [0.1, 0.15) is 6.92 Å². The van der Waals surface area contributed by atoms with Crippen LogP contribution in [0.15, 0.2) is 24.3 Å². The van der Waals surface area contributed by atoms with Crippen LogP contribution in [-0.2, 0) is 9.59 Å². The zero-order chi connectivity index (χ0) is 15.1. The number of carbonyl (C=O) groups excluding carboxylic acids is 2. The molecule has 110 valence electrons. The first-order valence-electron chi connectivity index (χ1n) is 6.51. The summed E-state index contributed by atoms with van der Waals surface area (Å²) in [4.78, 5) is 26.9. The number of benzene rings is 1. The van der Waals surface area contributed by atoms with E-state index >= 15 is 0 Å². The van der Waals surface area contributed by atoms with Gasteiger partial charge in [-0.25, -0.2) is 0 Å². The van der Waals surface area contributed by atoms with Gasteiger partial charge in [0.15, 0.2) is 0 Å². The number of likely N-dealkylation sites (N-methyl/N-ethyl adjacent to an activating group) is 2. The van der Waals surface area contributed by atoms with Crippen molar-refractivity contribution in [3.63, 3.8) is 0 Å². The van der Waals surface area contributed by atoms with Crippen molar-refractivity contribution in [1.82, 2.24) is 9.80 Å². The second-order valence-corrected chi connectivity index (χ2v) is 4.73. The predicted molar refractivity (Wildman–Crippen MR) is 80.3 cm³/mol. The van der Waals surface area contributed by atoms with E-state index in [-0.39, 0.29) is 24.9 Å². The second-order valence-electron chi connectivity index (χ2n) is 4.73. The van der Waals surface area contributed by atoms with Crippen LogP contribution in [0.3, 0.4) is 0 Å². The highest BCUT2D eigenvalue weighted by Crippen LogP contribution is 2.16. The first kappa shape index (κ1) is 16.0. The molecule has 3 N–H and O–H groups in total. The van der Waals surface area contributed by atoms with Crippen molar-refractivity contribution < 1.29 is 9.59 Å². The number of nitrogens with one attached hydrogen (secondary N) is 1. The van der Waals surface area contributed by atoms with E-state index in [1.54, 1.807) is 43.3 Å². The van der Waals surface area contributed by atoms with E-state index in [0.29, 0.717) is 17.9 Å². The lowest BCUT2D eigenvalue weighted by atomic mass is 10.2. The maximum atomic E-state index is 12.0. The van der Waals surface area contributed by atoms with Gasteiger partial charge in [0, 0.05) is 14.1 Å². The van der Waals surface area contributed by atoms with E-state index < -0.39 is 0 Å². The molecule has 0 atom stereocenters. The van der Waals surface area contributed by atoms with E-state index in [9.17, 15) is 9.59 Å². The fraction of sp³-hybridized carbons (Fsp3) is 0.429. The quantitative estimate of drug-likeness (QED) is 0.748. The highest BCUT2D eigenvalue weighted by atomic mass is 16.2. The minimum absolute atomic E-state index is 0.0288. The molecule has 6 heteroatoms. The number of amides is 2. The van der Waals surface area contributed by atoms with Gasteiger partial charge in [-0.15, -0.1) is 0 Å². The summed E-state index contributed by atoms with van der Waals surface area (Å²) in [5, 5.41) is 2.75. The van der Waals surface area contributed by atoms with Crippen LogP contribution in [0.5, 0.6) is 0 Å². The maximum absolute atomic E-state index is 12.0. The van der Waals surface area contributed by atoms with Crippen LogP contribution in [0.4, 0.5) is 11.4 Å². The summed E-state index contributed by atoms with van der Waals surface area (Å²) in [7, 11) is 3.39. The summed E-state index contributed by atoms with van der Waals surface area (Å²) in [6.45, 7) is 2.91. The van der Waals surface area contributed by atoms with E-state index in [1.165, 1.54) is 4.90 Å². The van der Waals surface area contributed by atoms with Gasteiger partial charge < -0.3 is 16.0 Å². The molecule has 0 spiro atoms. The van der Waals surface area contributed by atoms with Crippen molar-refractivity contribution in [2.24, 2.45) is 0 Å². The van der Waals surface area contributed by atoms with Crippen LogP contribution in [0, 0.1) is 0 Å². The summed E-state index contributed by atoms with van der Waals surface area (Å²) >= 11 is 0. The molecule has 6 nitrogen and oxygen atoms in total. The molecule has 0 aliphatic carbocycles. The van der Waals surface area contributed by atoms with Crippen LogP contribution < -0.4 is 11.1 Å². The van der Waals surface area contributed by atoms with Crippen molar-refractivity contribution in [2.75, 3.05) is 44.8 Å². The number of rotatable bonds is 6. The molecule has 0 heterocycles. The second kappa shape index (κ2) is 7.49. The molecular weight excluding hydrogens is 256 g/mol. The molecule has 0 saturated carbocycles. The molecular formula is C14H22N4O2. The largest absolute Gasteiger partial charge is 0.397 e. The fourth-order valence-electron chi connectivity index (χ4n) is 1.62. The predicted octanol–water partition coefficient (Wildman–Crippen LogP) is 0.617. The molecule has 0 aliphatic heterocycles. The van der Waals surface area contributed by atoms with Gasteiger partial charge in [0.2, 0.25) is 11.8 Å². The lowest BCUT2D eigenvalue weighted by Crippen LogP contribution is -2.40. The molecule has 0 aromatic heterocycles. The molecule has 0 aliphatic rings. The standard InChI is InChI=1S/C14H22N4O2/c1-4-18(10-14(20)17(2)3)9-13(19)16-12-8-6-5-7-11(12)15/h5-8H,4,9-10,15H2,1-3H3,(H,16,19). The number of hydrogen-bond donors (Lipinski definition) is 2. The van der Waals surface area contributed by atoms with Gasteiger partial charge in [-0.1, -0.05) is 19.1 Å². The van der Waals surface area contributed by atoms with Crippen molar-refractivity contribution in [1.29, 1.82) is 0 Å². The van der Waals surface area contributed by atoms with E-state index in [2.05, 4.69) is 5.32 Å². The molecule has 1 aromatic carbocycles. The topological polar surface area (TPSA) is 78.7 Å². The van der Waals surface area contributed by atoms with Gasteiger partial charge in [0.05, 0.1) is 24.5 Å². The van der Waals surface area contributed by atoms with Gasteiger partial charge in [0.1, 0.15) is 0 Å². The molecule has 2 amide bonds. The molecule has 0 bridgehead atoms. The van der Waals surface area contributed by atoms with E-state index in [4.69, 9.17) is 5.73 Å². The molecule has 1 aromatic rings. The average Bonchev–Trinajstić information content (AvgIpc) is 2.40. The molecule has 0 unspecified atom stereocenters. The number of hydrogen-bond acceptors (Lipinski definition) is 4. The fourth-order valence-corrected chi connectivity index (χ4v) is 1.62. The van der Waals surface area contributed by atoms with Crippen molar-refractivity contribution >= 4 is 23.2 Å². The monoisotopic (exact) mass is 278 g/mol. The van der Waals surface area contributed by atoms with Gasteiger partial charge in [-0.3, -0.25) is 14.5 Å². The molecule has 0 fully saturated rings. The minimum atomic E-state index is -0.184. The minimum Gasteiger partial charge on any atom is -0.397 e. The Morgan fingerprint density at radius 1 is 1.20 bits per heavy atom. The first-order valence-corrected chi connectivity index (χ1v) is 6.51. The Bertz CT molecular complexity index is 474. The molecule has 0 radical (unpaired) electrons. The smallest absolute Gasteiger partial charge is 0.238 e. The Hall–Kier alpha value is -2.08. The van der Waals surface area contributed by atoms with Crippen molar-refractivity contribution in [3.05, 3.63) is 24.3 Å². The lowest BCUT2D eigenvalue weighted by Gasteiger charge is -2.21. The lowest BCUT2D eigenvalue weighted by molar-refractivity contribution is -0.130. The Balaban J connectivity index is 2.56. The van der Waals surface area contributed by atoms with Crippen molar-refractivity contribution in [3.8, 4) is 0 Å². The SMILES string of the molecule is CCN(CC(=O)Nc1ccccc1N)CC(=O)N(C)C. The number of anilines is 2. The summed E-state index contributed by atoms with van der Waals surface area (Å²) in [5.74, 6) is -0.213. The van der Waals surface area contributed by atoms with Crippen LogP contribution in [0.25, 0.3) is 0 Å². The normalized spacial score (nSPS) is 10.4. The average molecular weight is 278 g/mol. The summed E-state index contributed by atoms with van der Waals surface area (Å²) < 4.78 is 0. The Morgan fingerprint density at radius 2 is 1.85 bits per heavy atom.